The van der Waals surface area contributed by atoms with E-state index < -0.39 is 6.10 Å². The van der Waals surface area contributed by atoms with E-state index in [9.17, 15) is 4.79 Å². The molecule has 3 rings (SSSR count). The topological polar surface area (TPSA) is 51.2 Å². The highest BCUT2D eigenvalue weighted by Crippen LogP contribution is 2.31. The predicted octanol–water partition coefficient (Wildman–Crippen LogP) is 2.92. The molecule has 108 valence electrons. The molecule has 21 heavy (non-hydrogen) atoms. The van der Waals surface area contributed by atoms with Gasteiger partial charge in [-0.3, -0.25) is 9.78 Å². The molecule has 1 N–H and O–H groups in total. The molecule has 0 bridgehead atoms. The zero-order valence-corrected chi connectivity index (χ0v) is 12.3. The molecule has 0 aliphatic carbocycles. The molecule has 2 heterocycles. The maximum atomic E-state index is 12.3. The van der Waals surface area contributed by atoms with Crippen molar-refractivity contribution in [3.8, 4) is 5.75 Å². The Labute approximate surface area is 128 Å². The molecule has 2 atom stereocenters. The lowest BCUT2D eigenvalue weighted by Gasteiger charge is -2.17. The summed E-state index contributed by atoms with van der Waals surface area (Å²) < 4.78 is 5.68. The third-order valence-electron chi connectivity index (χ3n) is 3.55. The number of nitrogens with one attached hydrogen (secondary N) is 1. The Balaban J connectivity index is 1.65. The van der Waals surface area contributed by atoms with Crippen molar-refractivity contribution < 1.29 is 9.53 Å². The second-order valence-electron chi connectivity index (χ2n) is 5.07. The Morgan fingerprint density at radius 1 is 1.38 bits per heavy atom. The number of ether oxygens (including phenoxy) is 1. The Hall–Kier alpha value is -2.07. The molecule has 0 fully saturated rings. The van der Waals surface area contributed by atoms with Gasteiger partial charge < -0.3 is 10.1 Å². The number of aromatic nitrogens is 1. The first-order valence-corrected chi connectivity index (χ1v) is 7.16. The summed E-state index contributed by atoms with van der Waals surface area (Å²) in [7, 11) is 0. The number of carbonyl (C=O) groups is 1. The van der Waals surface area contributed by atoms with Crippen molar-refractivity contribution in [2.45, 2.75) is 25.5 Å². The van der Waals surface area contributed by atoms with Gasteiger partial charge in [0.1, 0.15) is 5.75 Å². The second-order valence-corrected chi connectivity index (χ2v) is 5.51. The molecule has 4 nitrogen and oxygen atoms in total. The number of fused-ring (bicyclic) bond motifs is 1. The molecule has 2 unspecified atom stereocenters. The predicted molar refractivity (Wildman–Crippen MR) is 80.4 cm³/mol. The maximum absolute atomic E-state index is 12.3. The van der Waals surface area contributed by atoms with Gasteiger partial charge in [0.2, 0.25) is 0 Å². The summed E-state index contributed by atoms with van der Waals surface area (Å²) >= 11 is 5.95. The van der Waals surface area contributed by atoms with Gasteiger partial charge in [0.25, 0.3) is 5.91 Å². The number of amides is 1. The van der Waals surface area contributed by atoms with Gasteiger partial charge in [0.05, 0.1) is 6.04 Å². The average molecular weight is 303 g/mol. The van der Waals surface area contributed by atoms with E-state index in [-0.39, 0.29) is 11.9 Å². The summed E-state index contributed by atoms with van der Waals surface area (Å²) in [6.07, 6.45) is 3.47. The molecule has 1 aromatic heterocycles. The Kier molecular flexibility index (Phi) is 3.80. The maximum Gasteiger partial charge on any atom is 0.261 e. The molecule has 5 heteroatoms. The van der Waals surface area contributed by atoms with E-state index in [0.29, 0.717) is 11.4 Å². The van der Waals surface area contributed by atoms with Gasteiger partial charge in [-0.1, -0.05) is 11.6 Å². The van der Waals surface area contributed by atoms with Crippen LogP contribution in [-0.2, 0) is 11.2 Å². The number of nitrogens with zero attached hydrogens (tertiary/aromatic N) is 1. The van der Waals surface area contributed by atoms with Crippen molar-refractivity contribution >= 4 is 17.5 Å². The normalized spacial score (nSPS) is 17.7. The van der Waals surface area contributed by atoms with Gasteiger partial charge in [-0.15, -0.1) is 0 Å². The third kappa shape index (κ3) is 3.00. The molecule has 2 aromatic rings. The standard InChI is InChI=1S/C16H15ClN2O2/c1-10(11-4-6-18-7-5-11)19-16(20)15-9-12-8-13(17)2-3-14(12)21-15/h2-8,10,15H,9H2,1H3,(H,19,20). The first-order chi connectivity index (χ1) is 10.1. The fraction of sp³-hybridized carbons (Fsp3) is 0.250. The molecule has 0 radical (unpaired) electrons. The minimum Gasteiger partial charge on any atom is -0.480 e. The zero-order valence-electron chi connectivity index (χ0n) is 11.5. The number of carbonyl (C=O) groups excluding carboxylic acids is 1. The highest BCUT2D eigenvalue weighted by Gasteiger charge is 2.30. The van der Waals surface area contributed by atoms with E-state index in [1.165, 1.54) is 0 Å². The number of halogens is 1. The van der Waals surface area contributed by atoms with Crippen molar-refractivity contribution in [1.82, 2.24) is 10.3 Å². The van der Waals surface area contributed by atoms with Crippen LogP contribution in [0.4, 0.5) is 0 Å². The third-order valence-corrected chi connectivity index (χ3v) is 3.79. The lowest BCUT2D eigenvalue weighted by atomic mass is 10.1. The van der Waals surface area contributed by atoms with Gasteiger partial charge in [0.15, 0.2) is 6.10 Å². The average Bonchev–Trinajstić information content (AvgIpc) is 2.91. The van der Waals surface area contributed by atoms with Crippen molar-refractivity contribution in [2.24, 2.45) is 0 Å². The largest absolute Gasteiger partial charge is 0.480 e. The van der Waals surface area contributed by atoms with E-state index in [2.05, 4.69) is 10.3 Å². The van der Waals surface area contributed by atoms with E-state index in [0.717, 1.165) is 16.9 Å². The summed E-state index contributed by atoms with van der Waals surface area (Å²) in [5, 5.41) is 3.62. The van der Waals surface area contributed by atoms with Crippen molar-refractivity contribution in [1.29, 1.82) is 0 Å². The van der Waals surface area contributed by atoms with Crippen LogP contribution in [0.2, 0.25) is 5.02 Å². The Morgan fingerprint density at radius 3 is 2.90 bits per heavy atom. The molecular formula is C16H15ClN2O2. The summed E-state index contributed by atoms with van der Waals surface area (Å²) in [6, 6.07) is 9.09. The van der Waals surface area contributed by atoms with Crippen LogP contribution in [0.25, 0.3) is 0 Å². The van der Waals surface area contributed by atoms with Gasteiger partial charge in [0, 0.05) is 23.8 Å². The monoisotopic (exact) mass is 302 g/mol. The molecular weight excluding hydrogens is 288 g/mol. The number of pyridine rings is 1. The highest BCUT2D eigenvalue weighted by molar-refractivity contribution is 6.30. The van der Waals surface area contributed by atoms with Crippen molar-refractivity contribution in [2.75, 3.05) is 0 Å². The van der Waals surface area contributed by atoms with Crippen LogP contribution >= 0.6 is 11.6 Å². The Bertz CT molecular complexity index is 661. The number of hydrogen-bond acceptors (Lipinski definition) is 3. The summed E-state index contributed by atoms with van der Waals surface area (Å²) in [6.45, 7) is 1.94. The van der Waals surface area contributed by atoms with E-state index in [1.807, 2.05) is 25.1 Å². The molecule has 0 saturated carbocycles. The Morgan fingerprint density at radius 2 is 2.14 bits per heavy atom. The molecule has 0 spiro atoms. The molecule has 1 aromatic carbocycles. The summed E-state index contributed by atoms with van der Waals surface area (Å²) in [5.41, 5.74) is 1.98. The minimum absolute atomic E-state index is 0.0867. The first-order valence-electron chi connectivity index (χ1n) is 6.79. The number of rotatable bonds is 3. The lowest BCUT2D eigenvalue weighted by Crippen LogP contribution is -2.38. The number of hydrogen-bond donors (Lipinski definition) is 1. The second kappa shape index (κ2) is 5.74. The fourth-order valence-corrected chi connectivity index (χ4v) is 2.60. The van der Waals surface area contributed by atoms with Gasteiger partial charge in [-0.05, 0) is 48.4 Å². The SMILES string of the molecule is CC(NC(=O)C1Cc2cc(Cl)ccc2O1)c1ccncc1. The molecule has 1 amide bonds. The highest BCUT2D eigenvalue weighted by atomic mass is 35.5. The lowest BCUT2D eigenvalue weighted by molar-refractivity contribution is -0.127. The van der Waals surface area contributed by atoms with Crippen LogP contribution < -0.4 is 10.1 Å². The first kappa shape index (κ1) is 13.9. The molecule has 0 saturated heterocycles. The van der Waals surface area contributed by atoms with Crippen molar-refractivity contribution in [3.05, 3.63) is 58.9 Å². The molecule has 1 aliphatic rings. The quantitative estimate of drug-likeness (QED) is 0.948. The van der Waals surface area contributed by atoms with Gasteiger partial charge >= 0.3 is 0 Å². The number of benzene rings is 1. The van der Waals surface area contributed by atoms with Crippen molar-refractivity contribution in [3.63, 3.8) is 0 Å². The molecule has 1 aliphatic heterocycles. The van der Waals surface area contributed by atoms with E-state index >= 15 is 0 Å². The smallest absolute Gasteiger partial charge is 0.261 e. The van der Waals surface area contributed by atoms with Gasteiger partial charge in [-0.2, -0.15) is 0 Å². The fourth-order valence-electron chi connectivity index (χ4n) is 2.41. The van der Waals surface area contributed by atoms with E-state index in [1.54, 1.807) is 24.5 Å². The zero-order chi connectivity index (χ0) is 14.8. The van der Waals surface area contributed by atoms with Crippen LogP contribution in [0.15, 0.2) is 42.7 Å². The van der Waals surface area contributed by atoms with Crippen LogP contribution in [0, 0.1) is 0 Å². The van der Waals surface area contributed by atoms with E-state index in [4.69, 9.17) is 16.3 Å². The van der Waals surface area contributed by atoms with Crippen LogP contribution in [0.5, 0.6) is 5.75 Å². The van der Waals surface area contributed by atoms with Crippen LogP contribution in [0.1, 0.15) is 24.1 Å². The summed E-state index contributed by atoms with van der Waals surface area (Å²) in [5.74, 6) is 0.614. The minimum atomic E-state index is -0.497. The van der Waals surface area contributed by atoms with Crippen LogP contribution in [0.3, 0.4) is 0 Å². The van der Waals surface area contributed by atoms with Crippen LogP contribution in [-0.4, -0.2) is 17.0 Å². The summed E-state index contributed by atoms with van der Waals surface area (Å²) in [4.78, 5) is 16.3. The van der Waals surface area contributed by atoms with Gasteiger partial charge in [-0.25, -0.2) is 0 Å².